The fraction of sp³-hybridized carbons (Fsp3) is 0.353. The van der Waals surface area contributed by atoms with Gasteiger partial charge in [0.2, 0.25) is 5.43 Å². The topological polar surface area (TPSA) is 45.5 Å². The Kier molecular flexibility index (Phi) is 3.55. The van der Waals surface area contributed by atoms with Crippen molar-refractivity contribution in [3.63, 3.8) is 0 Å². The average molecular weight is 284 g/mol. The van der Waals surface area contributed by atoms with Gasteiger partial charge in [-0.25, -0.2) is 0 Å². The normalized spacial score (nSPS) is 15.0. The molecule has 4 nitrogen and oxygen atoms in total. The number of aromatic hydroxyl groups is 1. The Morgan fingerprint density at radius 2 is 2.00 bits per heavy atom. The summed E-state index contributed by atoms with van der Waals surface area (Å²) < 4.78 is 1.97. The van der Waals surface area contributed by atoms with Crippen molar-refractivity contribution in [3.8, 4) is 5.75 Å². The summed E-state index contributed by atoms with van der Waals surface area (Å²) in [4.78, 5) is 13.9. The van der Waals surface area contributed by atoms with Crippen LogP contribution >= 0.6 is 0 Å². The van der Waals surface area contributed by atoms with Gasteiger partial charge in [-0.05, 0) is 25.0 Å². The van der Waals surface area contributed by atoms with Gasteiger partial charge in [0.15, 0.2) is 5.75 Å². The summed E-state index contributed by atoms with van der Waals surface area (Å²) >= 11 is 0. The van der Waals surface area contributed by atoms with Gasteiger partial charge < -0.3 is 9.67 Å². The molecule has 0 saturated carbocycles. The third kappa shape index (κ3) is 2.85. The summed E-state index contributed by atoms with van der Waals surface area (Å²) in [5.74, 6) is -0.165. The van der Waals surface area contributed by atoms with Crippen LogP contribution < -0.4 is 5.43 Å². The molecule has 0 bridgehead atoms. The molecule has 1 aliphatic rings. The quantitative estimate of drug-likeness (QED) is 0.919. The van der Waals surface area contributed by atoms with Crippen LogP contribution in [0.15, 0.2) is 35.3 Å². The van der Waals surface area contributed by atoms with E-state index in [1.807, 2.05) is 4.57 Å². The maximum Gasteiger partial charge on any atom is 0.223 e. The second kappa shape index (κ2) is 5.37. The number of aryl methyl sites for hydroxylation is 2. The lowest BCUT2D eigenvalue weighted by Crippen LogP contribution is -2.34. The highest BCUT2D eigenvalue weighted by atomic mass is 16.3. The number of nitrogens with zero attached hydrogens (tertiary/aromatic N) is 2. The molecule has 1 aliphatic heterocycles. The molecule has 0 atom stereocenters. The smallest absolute Gasteiger partial charge is 0.223 e. The van der Waals surface area contributed by atoms with Crippen LogP contribution in [0, 0.1) is 13.8 Å². The van der Waals surface area contributed by atoms with Gasteiger partial charge in [-0.1, -0.05) is 23.8 Å². The number of aromatic nitrogens is 1. The van der Waals surface area contributed by atoms with Gasteiger partial charge in [0.05, 0.1) is 6.20 Å². The van der Waals surface area contributed by atoms with Crippen molar-refractivity contribution in [2.75, 3.05) is 6.54 Å². The average Bonchev–Trinajstić information content (AvgIpc) is 2.44. The molecule has 0 saturated heterocycles. The number of rotatable bonds is 2. The third-order valence-electron chi connectivity index (χ3n) is 4.14. The zero-order chi connectivity index (χ0) is 15.0. The van der Waals surface area contributed by atoms with Crippen LogP contribution in [0.4, 0.5) is 0 Å². The first-order valence-electron chi connectivity index (χ1n) is 7.24. The van der Waals surface area contributed by atoms with Crippen LogP contribution in [0.3, 0.4) is 0 Å². The van der Waals surface area contributed by atoms with Crippen LogP contribution in [0.5, 0.6) is 5.75 Å². The summed E-state index contributed by atoms with van der Waals surface area (Å²) in [6.45, 7) is 7.59. The Labute approximate surface area is 124 Å². The Hall–Kier alpha value is -2.07. The van der Waals surface area contributed by atoms with Crippen molar-refractivity contribution in [2.45, 2.75) is 33.5 Å². The highest BCUT2D eigenvalue weighted by molar-refractivity contribution is 5.30. The number of benzene rings is 1. The van der Waals surface area contributed by atoms with E-state index in [0.29, 0.717) is 0 Å². The first-order valence-corrected chi connectivity index (χ1v) is 7.24. The number of hydrogen-bond donors (Lipinski definition) is 1. The number of fused-ring (bicyclic) bond motifs is 1. The molecule has 21 heavy (non-hydrogen) atoms. The SMILES string of the molecule is Cc1ccc(C)c(CN2CCn3cc(O)c(=O)cc3C2)c1. The third-order valence-corrected chi connectivity index (χ3v) is 4.14. The molecule has 2 aromatic rings. The van der Waals surface area contributed by atoms with E-state index in [2.05, 4.69) is 36.9 Å². The van der Waals surface area contributed by atoms with E-state index in [1.165, 1.54) is 16.7 Å². The second-order valence-electron chi connectivity index (χ2n) is 5.85. The van der Waals surface area contributed by atoms with Crippen LogP contribution in [0.1, 0.15) is 22.4 Å². The lowest BCUT2D eigenvalue weighted by Gasteiger charge is -2.30. The predicted molar refractivity (Wildman–Crippen MR) is 82.4 cm³/mol. The molecule has 0 radical (unpaired) electrons. The fourth-order valence-electron chi connectivity index (χ4n) is 2.85. The van der Waals surface area contributed by atoms with E-state index in [1.54, 1.807) is 12.3 Å². The summed E-state index contributed by atoms with van der Waals surface area (Å²) in [7, 11) is 0. The highest BCUT2D eigenvalue weighted by Gasteiger charge is 2.17. The molecule has 0 spiro atoms. The molecule has 0 amide bonds. The molecule has 0 unspecified atom stereocenters. The van der Waals surface area contributed by atoms with E-state index in [9.17, 15) is 9.90 Å². The molecule has 2 heterocycles. The van der Waals surface area contributed by atoms with Crippen LogP contribution in [-0.2, 0) is 19.6 Å². The van der Waals surface area contributed by atoms with Gasteiger partial charge >= 0.3 is 0 Å². The molecule has 3 rings (SSSR count). The fourth-order valence-corrected chi connectivity index (χ4v) is 2.85. The molecule has 1 N–H and O–H groups in total. The van der Waals surface area contributed by atoms with E-state index in [-0.39, 0.29) is 11.2 Å². The highest BCUT2D eigenvalue weighted by Crippen LogP contribution is 2.18. The number of pyridine rings is 1. The van der Waals surface area contributed by atoms with Crippen LogP contribution in [0.25, 0.3) is 0 Å². The molecule has 4 heteroatoms. The Morgan fingerprint density at radius 3 is 2.81 bits per heavy atom. The standard InChI is InChI=1S/C17H20N2O2/c1-12-3-4-13(2)14(7-12)9-18-5-6-19-11-17(21)16(20)8-15(19)10-18/h3-4,7-8,11,21H,5-6,9-10H2,1-2H3. The molecule has 110 valence electrons. The Balaban J connectivity index is 1.82. The Bertz CT molecular complexity index is 734. The summed E-state index contributed by atoms with van der Waals surface area (Å²) in [6, 6.07) is 8.07. The maximum atomic E-state index is 11.6. The molecule has 1 aromatic carbocycles. The Morgan fingerprint density at radius 1 is 1.19 bits per heavy atom. The first-order chi connectivity index (χ1) is 10.0. The van der Waals surface area contributed by atoms with Crippen molar-refractivity contribution in [1.82, 2.24) is 9.47 Å². The minimum atomic E-state index is -0.296. The lowest BCUT2D eigenvalue weighted by molar-refractivity contribution is 0.209. The van der Waals surface area contributed by atoms with E-state index in [0.717, 1.165) is 31.9 Å². The van der Waals surface area contributed by atoms with Gasteiger partial charge in [0.1, 0.15) is 0 Å². The largest absolute Gasteiger partial charge is 0.503 e. The van der Waals surface area contributed by atoms with Crippen molar-refractivity contribution < 1.29 is 5.11 Å². The second-order valence-corrected chi connectivity index (χ2v) is 5.85. The minimum absolute atomic E-state index is 0.165. The van der Waals surface area contributed by atoms with E-state index in [4.69, 9.17) is 0 Å². The van der Waals surface area contributed by atoms with Gasteiger partial charge in [-0.3, -0.25) is 9.69 Å². The van der Waals surface area contributed by atoms with Crippen molar-refractivity contribution in [3.05, 3.63) is 63.1 Å². The van der Waals surface area contributed by atoms with Crippen molar-refractivity contribution in [1.29, 1.82) is 0 Å². The maximum absolute atomic E-state index is 11.6. The molecule has 0 fully saturated rings. The van der Waals surface area contributed by atoms with Gasteiger partial charge in [-0.15, -0.1) is 0 Å². The van der Waals surface area contributed by atoms with Crippen LogP contribution in [0.2, 0.25) is 0 Å². The zero-order valence-corrected chi connectivity index (χ0v) is 12.5. The summed E-state index contributed by atoms with van der Waals surface area (Å²) in [6.07, 6.45) is 1.55. The molecule has 0 aliphatic carbocycles. The zero-order valence-electron chi connectivity index (χ0n) is 12.5. The van der Waals surface area contributed by atoms with Crippen molar-refractivity contribution >= 4 is 0 Å². The predicted octanol–water partition coefficient (Wildman–Crippen LogP) is 2.19. The first kappa shape index (κ1) is 13.9. The summed E-state index contributed by atoms with van der Waals surface area (Å²) in [5, 5.41) is 9.50. The van der Waals surface area contributed by atoms with Crippen molar-refractivity contribution in [2.24, 2.45) is 0 Å². The molecule has 1 aromatic heterocycles. The lowest BCUT2D eigenvalue weighted by atomic mass is 10.0. The molecular formula is C17H20N2O2. The van der Waals surface area contributed by atoms with Gasteiger partial charge in [-0.2, -0.15) is 0 Å². The number of hydrogen-bond acceptors (Lipinski definition) is 3. The van der Waals surface area contributed by atoms with Gasteiger partial charge in [0, 0.05) is 37.9 Å². The monoisotopic (exact) mass is 284 g/mol. The minimum Gasteiger partial charge on any atom is -0.503 e. The van der Waals surface area contributed by atoms with E-state index < -0.39 is 0 Å². The van der Waals surface area contributed by atoms with Gasteiger partial charge in [0.25, 0.3) is 0 Å². The molecular weight excluding hydrogens is 264 g/mol. The van der Waals surface area contributed by atoms with Crippen LogP contribution in [-0.4, -0.2) is 21.1 Å². The van der Waals surface area contributed by atoms with E-state index >= 15 is 0 Å². The summed E-state index contributed by atoms with van der Waals surface area (Å²) in [5.41, 5.74) is 4.58.